The summed E-state index contributed by atoms with van der Waals surface area (Å²) in [5.41, 5.74) is 2.73. The van der Waals surface area contributed by atoms with Crippen molar-refractivity contribution in [2.75, 3.05) is 24.2 Å². The molecule has 40 heavy (non-hydrogen) atoms. The Morgan fingerprint density at radius 2 is 1.88 bits per heavy atom. The van der Waals surface area contributed by atoms with Crippen molar-refractivity contribution in [3.8, 4) is 11.3 Å². The van der Waals surface area contributed by atoms with Crippen molar-refractivity contribution in [1.82, 2.24) is 15.3 Å². The fourth-order valence-electron chi connectivity index (χ4n) is 4.60. The van der Waals surface area contributed by atoms with E-state index in [-0.39, 0.29) is 24.2 Å². The molecule has 1 fully saturated rings. The van der Waals surface area contributed by atoms with Gasteiger partial charge < -0.3 is 14.8 Å². The molecule has 1 aromatic heterocycles. The minimum atomic E-state index is -3.65. The van der Waals surface area contributed by atoms with E-state index in [1.165, 1.54) is 19.2 Å². The maximum atomic E-state index is 13.8. The number of ether oxygens (including phenoxy) is 2. The van der Waals surface area contributed by atoms with Crippen LogP contribution in [0.15, 0.2) is 30.8 Å². The summed E-state index contributed by atoms with van der Waals surface area (Å²) in [6.45, 7) is 14.5. The lowest BCUT2D eigenvalue weighted by molar-refractivity contribution is -0.287. The Bertz CT molecular complexity index is 1330. The number of unbranched alkanes of at least 4 members (excludes halogenated alkanes) is 1. The van der Waals surface area contributed by atoms with Gasteiger partial charge in [-0.2, -0.15) is 0 Å². The molecule has 2 heterocycles. The van der Waals surface area contributed by atoms with E-state index in [4.69, 9.17) is 9.47 Å². The number of sulfonamides is 1. The molecular weight excluding hydrogens is 535 g/mol. The standard InChI is InChI=1S/C29H41FN4O5S/c1-9-10-15-31-24(35)17-22-16-23(39-29(5,6)38-22)19(4)25-26(18(2)3)32-28(34(7)40(8,36)37)33-27(25)20-11-13-21(30)14-12-20/h11-14,18,22-23H,4,9-10,15-17H2,1-3,5-8H3,(H,31,35)/t22-,23+/m1/s1. The lowest BCUT2D eigenvalue weighted by atomic mass is 9.88. The Hall–Kier alpha value is -2.89. The van der Waals surface area contributed by atoms with Crippen LogP contribution in [0.25, 0.3) is 16.8 Å². The van der Waals surface area contributed by atoms with Gasteiger partial charge in [-0.15, -0.1) is 0 Å². The fraction of sp³-hybridized carbons (Fsp3) is 0.552. The largest absolute Gasteiger partial charge is 0.356 e. The molecule has 0 aliphatic carbocycles. The quantitative estimate of drug-likeness (QED) is 0.374. The number of amides is 1. The molecule has 0 spiro atoms. The van der Waals surface area contributed by atoms with E-state index >= 15 is 0 Å². The first-order chi connectivity index (χ1) is 18.6. The third-order valence-electron chi connectivity index (χ3n) is 6.70. The number of benzene rings is 1. The van der Waals surface area contributed by atoms with E-state index in [1.807, 2.05) is 13.8 Å². The monoisotopic (exact) mass is 576 g/mol. The van der Waals surface area contributed by atoms with Crippen molar-refractivity contribution >= 4 is 27.5 Å². The number of hydrogen-bond donors (Lipinski definition) is 1. The van der Waals surface area contributed by atoms with Gasteiger partial charge in [-0.3, -0.25) is 4.79 Å². The van der Waals surface area contributed by atoms with Crippen LogP contribution >= 0.6 is 0 Å². The molecule has 220 valence electrons. The zero-order valence-electron chi connectivity index (χ0n) is 24.5. The second-order valence-corrected chi connectivity index (χ2v) is 13.0. The van der Waals surface area contributed by atoms with Crippen LogP contribution in [0.3, 0.4) is 0 Å². The highest BCUT2D eigenvalue weighted by atomic mass is 32.2. The number of nitrogens with zero attached hydrogens (tertiary/aromatic N) is 3. The van der Waals surface area contributed by atoms with Gasteiger partial charge in [-0.05, 0) is 56.0 Å². The number of halogens is 1. The van der Waals surface area contributed by atoms with E-state index in [0.717, 1.165) is 23.4 Å². The zero-order valence-corrected chi connectivity index (χ0v) is 25.3. The maximum Gasteiger partial charge on any atom is 0.239 e. The van der Waals surface area contributed by atoms with Crippen LogP contribution in [-0.4, -0.2) is 62.1 Å². The molecule has 1 aliphatic rings. The van der Waals surface area contributed by atoms with E-state index < -0.39 is 33.8 Å². The van der Waals surface area contributed by atoms with Gasteiger partial charge in [0, 0.05) is 31.1 Å². The summed E-state index contributed by atoms with van der Waals surface area (Å²) in [7, 11) is -2.27. The second kappa shape index (κ2) is 12.7. The van der Waals surface area contributed by atoms with Gasteiger partial charge in [0.1, 0.15) is 5.82 Å². The summed E-state index contributed by atoms with van der Waals surface area (Å²) in [4.78, 5) is 21.9. The van der Waals surface area contributed by atoms with Gasteiger partial charge in [0.05, 0.1) is 36.3 Å². The summed E-state index contributed by atoms with van der Waals surface area (Å²) < 4.78 is 52.0. The third-order valence-corrected chi connectivity index (χ3v) is 7.86. The number of nitrogens with one attached hydrogen (secondary N) is 1. The molecule has 1 N–H and O–H groups in total. The normalized spacial score (nSPS) is 18.9. The lowest BCUT2D eigenvalue weighted by Crippen LogP contribution is -2.46. The topological polar surface area (TPSA) is 111 Å². The smallest absolute Gasteiger partial charge is 0.239 e. The molecule has 0 unspecified atom stereocenters. The highest BCUT2D eigenvalue weighted by molar-refractivity contribution is 7.92. The molecule has 1 saturated heterocycles. The Labute approximate surface area is 237 Å². The molecule has 0 saturated carbocycles. The SMILES string of the molecule is C=C(c1c(-c2ccc(F)cc2)nc(N(C)S(C)(=O)=O)nc1C(C)C)[C@@H]1C[C@H](CC(=O)NCCCC)OC(C)(C)O1. The number of carbonyl (C=O) groups excluding carboxylic acids is 1. The maximum absolute atomic E-state index is 13.8. The van der Waals surface area contributed by atoms with Gasteiger partial charge in [0.15, 0.2) is 5.79 Å². The van der Waals surface area contributed by atoms with E-state index in [0.29, 0.717) is 41.1 Å². The minimum absolute atomic E-state index is 0.00284. The zero-order chi connectivity index (χ0) is 29.8. The third kappa shape index (κ3) is 7.86. The van der Waals surface area contributed by atoms with Gasteiger partial charge in [0.25, 0.3) is 0 Å². The number of rotatable bonds is 11. The van der Waals surface area contributed by atoms with Crippen LogP contribution in [0.4, 0.5) is 10.3 Å². The predicted octanol–water partition coefficient (Wildman–Crippen LogP) is 5.03. The Balaban J connectivity index is 2.09. The Morgan fingerprint density at radius 3 is 2.45 bits per heavy atom. The first-order valence-electron chi connectivity index (χ1n) is 13.6. The van der Waals surface area contributed by atoms with Crippen LogP contribution in [-0.2, 0) is 24.3 Å². The lowest BCUT2D eigenvalue weighted by Gasteiger charge is -2.41. The number of anilines is 1. The van der Waals surface area contributed by atoms with Crippen LogP contribution in [0, 0.1) is 5.82 Å². The molecular formula is C29H41FN4O5S. The van der Waals surface area contributed by atoms with Crippen molar-refractivity contribution in [2.24, 2.45) is 0 Å². The minimum Gasteiger partial charge on any atom is -0.356 e. The summed E-state index contributed by atoms with van der Waals surface area (Å²) in [6.07, 6.45) is 2.55. The Kier molecular flexibility index (Phi) is 10.1. The molecule has 0 radical (unpaired) electrons. The van der Waals surface area contributed by atoms with E-state index in [9.17, 15) is 17.6 Å². The van der Waals surface area contributed by atoms with E-state index in [2.05, 4.69) is 28.8 Å². The molecule has 1 amide bonds. The van der Waals surface area contributed by atoms with Crippen molar-refractivity contribution in [1.29, 1.82) is 0 Å². The molecule has 2 atom stereocenters. The van der Waals surface area contributed by atoms with Crippen LogP contribution in [0.2, 0.25) is 0 Å². The van der Waals surface area contributed by atoms with Crippen molar-refractivity contribution < 1.29 is 27.1 Å². The van der Waals surface area contributed by atoms with Crippen molar-refractivity contribution in [3.63, 3.8) is 0 Å². The van der Waals surface area contributed by atoms with Crippen LogP contribution in [0.5, 0.6) is 0 Å². The van der Waals surface area contributed by atoms with Crippen molar-refractivity contribution in [3.05, 3.63) is 47.9 Å². The highest BCUT2D eigenvalue weighted by Gasteiger charge is 2.39. The van der Waals surface area contributed by atoms with E-state index in [1.54, 1.807) is 26.0 Å². The summed E-state index contributed by atoms with van der Waals surface area (Å²) in [5, 5.41) is 2.94. The highest BCUT2D eigenvalue weighted by Crippen LogP contribution is 2.40. The molecule has 2 aromatic rings. The average Bonchev–Trinajstić information content (AvgIpc) is 2.86. The molecule has 1 aliphatic heterocycles. The van der Waals surface area contributed by atoms with Crippen LogP contribution < -0.4 is 9.62 Å². The molecule has 1 aromatic carbocycles. The molecule has 3 rings (SSSR count). The number of carbonyl (C=O) groups is 1. The number of aromatic nitrogens is 2. The molecule has 9 nitrogen and oxygen atoms in total. The molecule has 0 bridgehead atoms. The second-order valence-electron chi connectivity index (χ2n) is 10.9. The van der Waals surface area contributed by atoms with Crippen molar-refractivity contribution in [2.45, 2.75) is 84.2 Å². The van der Waals surface area contributed by atoms with Gasteiger partial charge in [0.2, 0.25) is 21.9 Å². The molecule has 11 heteroatoms. The van der Waals surface area contributed by atoms with Gasteiger partial charge in [-0.1, -0.05) is 33.8 Å². The summed E-state index contributed by atoms with van der Waals surface area (Å²) in [5.74, 6) is -1.64. The predicted molar refractivity (Wildman–Crippen MR) is 155 cm³/mol. The Morgan fingerprint density at radius 1 is 1.23 bits per heavy atom. The first kappa shape index (κ1) is 31.6. The summed E-state index contributed by atoms with van der Waals surface area (Å²) >= 11 is 0. The first-order valence-corrected chi connectivity index (χ1v) is 15.4. The average molecular weight is 577 g/mol. The van der Waals surface area contributed by atoms with Crippen LogP contribution in [0.1, 0.15) is 77.5 Å². The van der Waals surface area contributed by atoms with Gasteiger partial charge in [-0.25, -0.2) is 27.1 Å². The number of hydrogen-bond acceptors (Lipinski definition) is 7. The summed E-state index contributed by atoms with van der Waals surface area (Å²) in [6, 6.07) is 5.81. The fourth-order valence-corrected chi connectivity index (χ4v) is 4.97. The van der Waals surface area contributed by atoms with Gasteiger partial charge >= 0.3 is 0 Å².